The van der Waals surface area contributed by atoms with Gasteiger partial charge in [0.15, 0.2) is 0 Å². The molecule has 0 aliphatic heterocycles. The summed E-state index contributed by atoms with van der Waals surface area (Å²) in [5.41, 5.74) is 8.88. The maximum Gasteiger partial charge on any atom is 0.251 e. The molecular formula is C21H26N2O2. The molecule has 0 bridgehead atoms. The van der Waals surface area contributed by atoms with Crippen molar-refractivity contribution in [3.05, 3.63) is 65.2 Å². The third kappa shape index (κ3) is 5.07. The molecule has 1 aliphatic rings. The minimum atomic E-state index is -0.0403. The number of hydrogen-bond acceptors (Lipinski definition) is 3. The van der Waals surface area contributed by atoms with Gasteiger partial charge in [0.2, 0.25) is 0 Å². The molecule has 0 atom stereocenters. The van der Waals surface area contributed by atoms with Crippen LogP contribution in [0.15, 0.2) is 48.5 Å². The summed E-state index contributed by atoms with van der Waals surface area (Å²) in [7, 11) is 0. The number of aryl methyl sites for hydroxylation is 1. The van der Waals surface area contributed by atoms with E-state index >= 15 is 0 Å². The average molecular weight is 338 g/mol. The number of ether oxygens (including phenoxy) is 1. The van der Waals surface area contributed by atoms with E-state index < -0.39 is 0 Å². The van der Waals surface area contributed by atoms with Crippen molar-refractivity contribution in [2.45, 2.75) is 51.3 Å². The summed E-state index contributed by atoms with van der Waals surface area (Å²) in [5, 5.41) is 3.11. The SMILES string of the molecule is Cc1cccc(COc2cccc(C(=O)NC3CCC(N)CC3)c2)c1. The van der Waals surface area contributed by atoms with Gasteiger partial charge in [0.25, 0.3) is 5.91 Å². The van der Waals surface area contributed by atoms with Gasteiger partial charge >= 0.3 is 0 Å². The predicted molar refractivity (Wildman–Crippen MR) is 99.7 cm³/mol. The van der Waals surface area contributed by atoms with Crippen LogP contribution in [0.4, 0.5) is 0 Å². The lowest BCUT2D eigenvalue weighted by Gasteiger charge is -2.26. The van der Waals surface area contributed by atoms with Crippen molar-refractivity contribution in [2.75, 3.05) is 0 Å². The van der Waals surface area contributed by atoms with Gasteiger partial charge in [-0.25, -0.2) is 0 Å². The molecule has 1 amide bonds. The summed E-state index contributed by atoms with van der Waals surface area (Å²) >= 11 is 0. The Bertz CT molecular complexity index is 721. The highest BCUT2D eigenvalue weighted by Crippen LogP contribution is 2.19. The van der Waals surface area contributed by atoms with Crippen LogP contribution >= 0.6 is 0 Å². The molecule has 2 aromatic carbocycles. The molecule has 2 aromatic rings. The van der Waals surface area contributed by atoms with Crippen LogP contribution in [0.3, 0.4) is 0 Å². The molecule has 1 fully saturated rings. The van der Waals surface area contributed by atoms with Crippen LogP contribution in [0.2, 0.25) is 0 Å². The van der Waals surface area contributed by atoms with E-state index in [9.17, 15) is 4.79 Å². The van der Waals surface area contributed by atoms with Gasteiger partial charge < -0.3 is 15.8 Å². The second-order valence-electron chi connectivity index (χ2n) is 6.89. The molecule has 3 N–H and O–H groups in total. The molecule has 0 spiro atoms. The van der Waals surface area contributed by atoms with E-state index in [0.29, 0.717) is 17.9 Å². The summed E-state index contributed by atoms with van der Waals surface area (Å²) in [5.74, 6) is 0.668. The topological polar surface area (TPSA) is 64.3 Å². The van der Waals surface area contributed by atoms with Crippen LogP contribution in [0.25, 0.3) is 0 Å². The number of rotatable bonds is 5. The zero-order chi connectivity index (χ0) is 17.6. The zero-order valence-corrected chi connectivity index (χ0v) is 14.7. The number of carbonyl (C=O) groups is 1. The Kier molecular flexibility index (Phi) is 5.71. The fourth-order valence-corrected chi connectivity index (χ4v) is 3.23. The lowest BCUT2D eigenvalue weighted by molar-refractivity contribution is 0.0925. The second kappa shape index (κ2) is 8.17. The fourth-order valence-electron chi connectivity index (χ4n) is 3.23. The summed E-state index contributed by atoms with van der Waals surface area (Å²) in [4.78, 5) is 12.5. The Balaban J connectivity index is 1.58. The lowest BCUT2D eigenvalue weighted by atomic mass is 9.91. The van der Waals surface area contributed by atoms with Gasteiger partial charge in [-0.2, -0.15) is 0 Å². The van der Waals surface area contributed by atoms with Crippen molar-refractivity contribution in [2.24, 2.45) is 5.73 Å². The van der Waals surface area contributed by atoms with Crippen molar-refractivity contribution < 1.29 is 9.53 Å². The van der Waals surface area contributed by atoms with Crippen molar-refractivity contribution in [1.82, 2.24) is 5.32 Å². The predicted octanol–water partition coefficient (Wildman–Crippen LogP) is 3.57. The van der Waals surface area contributed by atoms with Gasteiger partial charge in [-0.1, -0.05) is 35.9 Å². The third-order valence-corrected chi connectivity index (χ3v) is 4.69. The highest BCUT2D eigenvalue weighted by molar-refractivity contribution is 5.94. The van der Waals surface area contributed by atoms with Crippen LogP contribution in [-0.2, 0) is 6.61 Å². The molecule has 25 heavy (non-hydrogen) atoms. The van der Waals surface area contributed by atoms with Gasteiger partial charge in [0.1, 0.15) is 12.4 Å². The maximum absolute atomic E-state index is 12.5. The van der Waals surface area contributed by atoms with Gasteiger partial charge in [0.05, 0.1) is 0 Å². The summed E-state index contributed by atoms with van der Waals surface area (Å²) < 4.78 is 5.85. The van der Waals surface area contributed by atoms with E-state index in [2.05, 4.69) is 24.4 Å². The normalized spacial score (nSPS) is 20.1. The molecule has 4 nitrogen and oxygen atoms in total. The van der Waals surface area contributed by atoms with E-state index in [1.54, 1.807) is 6.07 Å². The minimum Gasteiger partial charge on any atom is -0.489 e. The second-order valence-corrected chi connectivity index (χ2v) is 6.89. The van der Waals surface area contributed by atoms with Crippen LogP contribution in [0.5, 0.6) is 5.75 Å². The molecule has 0 radical (unpaired) electrons. The van der Waals surface area contributed by atoms with Crippen LogP contribution < -0.4 is 15.8 Å². The van der Waals surface area contributed by atoms with Crippen molar-refractivity contribution >= 4 is 5.91 Å². The quantitative estimate of drug-likeness (QED) is 0.876. The number of amides is 1. The van der Waals surface area contributed by atoms with Gasteiger partial charge in [-0.05, 0) is 56.4 Å². The Hall–Kier alpha value is -2.33. The lowest BCUT2D eigenvalue weighted by Crippen LogP contribution is -2.40. The minimum absolute atomic E-state index is 0.0403. The Morgan fingerprint density at radius 1 is 1.12 bits per heavy atom. The molecule has 0 aromatic heterocycles. The first-order valence-corrected chi connectivity index (χ1v) is 8.95. The van der Waals surface area contributed by atoms with Gasteiger partial charge in [-0.3, -0.25) is 4.79 Å². The smallest absolute Gasteiger partial charge is 0.251 e. The van der Waals surface area contributed by atoms with E-state index in [4.69, 9.17) is 10.5 Å². The standard InChI is InChI=1S/C21H26N2O2/c1-15-4-2-5-16(12-15)14-25-20-7-3-6-17(13-20)21(24)23-19-10-8-18(22)9-11-19/h2-7,12-13,18-19H,8-11,14,22H2,1H3,(H,23,24). The van der Waals surface area contributed by atoms with Gasteiger partial charge in [-0.15, -0.1) is 0 Å². The van der Waals surface area contributed by atoms with Crippen molar-refractivity contribution in [3.8, 4) is 5.75 Å². The Morgan fingerprint density at radius 3 is 2.64 bits per heavy atom. The molecule has 4 heteroatoms. The van der Waals surface area contributed by atoms with E-state index in [1.165, 1.54) is 5.56 Å². The first-order valence-electron chi connectivity index (χ1n) is 8.95. The number of nitrogens with two attached hydrogens (primary N) is 1. The maximum atomic E-state index is 12.5. The average Bonchev–Trinajstić information content (AvgIpc) is 2.62. The molecule has 132 valence electrons. The number of carbonyl (C=O) groups excluding carboxylic acids is 1. The summed E-state index contributed by atoms with van der Waals surface area (Å²) in [6, 6.07) is 16.1. The molecule has 1 saturated carbocycles. The van der Waals surface area contributed by atoms with Crippen LogP contribution in [0, 0.1) is 6.92 Å². The first-order chi connectivity index (χ1) is 12.1. The zero-order valence-electron chi connectivity index (χ0n) is 14.7. The summed E-state index contributed by atoms with van der Waals surface area (Å²) in [6.07, 6.45) is 3.86. The molecule has 0 saturated heterocycles. The highest BCUT2D eigenvalue weighted by atomic mass is 16.5. The van der Waals surface area contributed by atoms with E-state index in [1.807, 2.05) is 30.3 Å². The Morgan fingerprint density at radius 2 is 1.88 bits per heavy atom. The monoisotopic (exact) mass is 338 g/mol. The molecule has 0 unspecified atom stereocenters. The fraction of sp³-hybridized carbons (Fsp3) is 0.381. The molecule has 1 aliphatic carbocycles. The largest absolute Gasteiger partial charge is 0.489 e. The highest BCUT2D eigenvalue weighted by Gasteiger charge is 2.20. The van der Waals surface area contributed by atoms with Crippen molar-refractivity contribution in [3.63, 3.8) is 0 Å². The van der Waals surface area contributed by atoms with Crippen LogP contribution in [-0.4, -0.2) is 18.0 Å². The first kappa shape index (κ1) is 17.5. The van der Waals surface area contributed by atoms with E-state index in [0.717, 1.165) is 31.2 Å². The Labute approximate surface area is 149 Å². The van der Waals surface area contributed by atoms with Gasteiger partial charge in [0, 0.05) is 17.6 Å². The number of hydrogen-bond donors (Lipinski definition) is 2. The van der Waals surface area contributed by atoms with Crippen molar-refractivity contribution in [1.29, 1.82) is 0 Å². The summed E-state index contributed by atoms with van der Waals surface area (Å²) in [6.45, 7) is 2.56. The third-order valence-electron chi connectivity index (χ3n) is 4.69. The molecule has 0 heterocycles. The number of benzene rings is 2. The number of nitrogens with one attached hydrogen (secondary N) is 1. The van der Waals surface area contributed by atoms with E-state index in [-0.39, 0.29) is 18.0 Å². The molecular weight excluding hydrogens is 312 g/mol. The van der Waals surface area contributed by atoms with Crippen LogP contribution in [0.1, 0.15) is 47.2 Å². The molecule has 3 rings (SSSR count).